The zero-order valence-electron chi connectivity index (χ0n) is 17.7. The Labute approximate surface area is 181 Å². The molecule has 2 aromatic heterocycles. The van der Waals surface area contributed by atoms with Crippen LogP contribution in [0.5, 0.6) is 0 Å². The number of hydrogen-bond acceptors (Lipinski definition) is 6. The summed E-state index contributed by atoms with van der Waals surface area (Å²) >= 11 is 0. The van der Waals surface area contributed by atoms with E-state index in [2.05, 4.69) is 25.2 Å². The van der Waals surface area contributed by atoms with Gasteiger partial charge in [0, 0.05) is 30.1 Å². The van der Waals surface area contributed by atoms with Crippen LogP contribution in [0.15, 0.2) is 55.0 Å². The summed E-state index contributed by atoms with van der Waals surface area (Å²) in [5.74, 6) is 1.47. The molecule has 2 saturated heterocycles. The standard InChI is InChI=1S/C24H25N5O2/c1-15(2)22-26-11-17(12-27-22)24(30)28-21-20(16-6-4-3-5-7-16)8-9-25-23(21)29-18-10-19(29)14-31-13-18/h3-9,11-12,15,18-19H,10,13-14H2,1-2H3,(H,28,30). The summed E-state index contributed by atoms with van der Waals surface area (Å²) in [6.07, 6.45) is 6.07. The summed E-state index contributed by atoms with van der Waals surface area (Å²) in [5.41, 5.74) is 3.09. The maximum absolute atomic E-state index is 13.1. The monoisotopic (exact) mass is 415 g/mol. The number of hydrogen-bond donors (Lipinski definition) is 1. The van der Waals surface area contributed by atoms with Gasteiger partial charge in [-0.15, -0.1) is 0 Å². The largest absolute Gasteiger partial charge is 0.377 e. The van der Waals surface area contributed by atoms with E-state index in [-0.39, 0.29) is 11.8 Å². The molecular weight excluding hydrogens is 390 g/mol. The smallest absolute Gasteiger partial charge is 0.258 e. The van der Waals surface area contributed by atoms with Crippen LogP contribution in [-0.4, -0.2) is 46.2 Å². The van der Waals surface area contributed by atoms with Gasteiger partial charge in [-0.2, -0.15) is 0 Å². The van der Waals surface area contributed by atoms with Gasteiger partial charge in [-0.05, 0) is 18.1 Å². The number of amides is 1. The average molecular weight is 415 g/mol. The Morgan fingerprint density at radius 3 is 2.42 bits per heavy atom. The van der Waals surface area contributed by atoms with Crippen LogP contribution in [0, 0.1) is 0 Å². The van der Waals surface area contributed by atoms with E-state index >= 15 is 0 Å². The average Bonchev–Trinajstić information content (AvgIpc) is 2.81. The molecule has 0 saturated carbocycles. The summed E-state index contributed by atoms with van der Waals surface area (Å²) in [5, 5.41) is 3.12. The van der Waals surface area contributed by atoms with Gasteiger partial charge in [0.05, 0.1) is 36.5 Å². The van der Waals surface area contributed by atoms with Crippen molar-refractivity contribution in [1.29, 1.82) is 0 Å². The Kier molecular flexibility index (Phi) is 5.11. The number of morpholine rings is 1. The highest BCUT2D eigenvalue weighted by molar-refractivity contribution is 6.08. The molecular formula is C24H25N5O2. The van der Waals surface area contributed by atoms with E-state index in [1.807, 2.05) is 56.4 Å². The lowest BCUT2D eigenvalue weighted by molar-refractivity contribution is 0.00981. The molecule has 31 heavy (non-hydrogen) atoms. The van der Waals surface area contributed by atoms with E-state index in [1.165, 1.54) is 0 Å². The highest BCUT2D eigenvalue weighted by Gasteiger charge is 2.44. The molecule has 2 bridgehead atoms. The van der Waals surface area contributed by atoms with Gasteiger partial charge in [-0.3, -0.25) is 4.79 Å². The molecule has 0 radical (unpaired) electrons. The van der Waals surface area contributed by atoms with Gasteiger partial charge >= 0.3 is 0 Å². The molecule has 0 aliphatic carbocycles. The van der Waals surface area contributed by atoms with Crippen LogP contribution < -0.4 is 10.2 Å². The van der Waals surface area contributed by atoms with Crippen LogP contribution in [0.25, 0.3) is 11.1 Å². The molecule has 158 valence electrons. The van der Waals surface area contributed by atoms with Gasteiger partial charge in [0.15, 0.2) is 5.82 Å². The predicted octanol–water partition coefficient (Wildman–Crippen LogP) is 3.89. The molecule has 4 heterocycles. The summed E-state index contributed by atoms with van der Waals surface area (Å²) in [7, 11) is 0. The zero-order valence-corrected chi connectivity index (χ0v) is 17.7. The summed E-state index contributed by atoms with van der Waals surface area (Å²) < 4.78 is 5.65. The molecule has 3 aromatic rings. The molecule has 2 atom stereocenters. The molecule has 2 aliphatic heterocycles. The van der Waals surface area contributed by atoms with Crippen LogP contribution in [0.3, 0.4) is 0 Å². The summed E-state index contributed by atoms with van der Waals surface area (Å²) in [6.45, 7) is 5.42. The van der Waals surface area contributed by atoms with Crippen LogP contribution in [0.1, 0.15) is 42.4 Å². The summed E-state index contributed by atoms with van der Waals surface area (Å²) in [4.78, 5) is 28.8. The molecule has 7 nitrogen and oxygen atoms in total. The topological polar surface area (TPSA) is 80.2 Å². The first kappa shape index (κ1) is 19.6. The Balaban J connectivity index is 1.53. The second-order valence-corrected chi connectivity index (χ2v) is 8.35. The number of aromatic nitrogens is 3. The number of nitrogens with zero attached hydrogens (tertiary/aromatic N) is 4. The van der Waals surface area contributed by atoms with Gasteiger partial charge < -0.3 is 15.0 Å². The lowest BCUT2D eigenvalue weighted by atomic mass is 9.90. The molecule has 1 aromatic carbocycles. The van der Waals surface area contributed by atoms with Crippen molar-refractivity contribution in [2.24, 2.45) is 0 Å². The third kappa shape index (κ3) is 3.65. The molecule has 2 aliphatic rings. The number of carbonyl (C=O) groups excluding carboxylic acids is 1. The Morgan fingerprint density at radius 1 is 1.06 bits per heavy atom. The van der Waals surface area contributed by atoms with Crippen molar-refractivity contribution in [3.8, 4) is 11.1 Å². The van der Waals surface area contributed by atoms with Gasteiger partial charge in [-0.1, -0.05) is 44.2 Å². The Hall–Kier alpha value is -3.32. The van der Waals surface area contributed by atoms with E-state index in [0.29, 0.717) is 36.5 Å². The first-order valence-electron chi connectivity index (χ1n) is 10.7. The first-order valence-corrected chi connectivity index (χ1v) is 10.7. The molecule has 7 heteroatoms. The predicted molar refractivity (Wildman–Crippen MR) is 119 cm³/mol. The Morgan fingerprint density at radius 2 is 1.77 bits per heavy atom. The number of benzene rings is 1. The minimum absolute atomic E-state index is 0.208. The van der Waals surface area contributed by atoms with Crippen LogP contribution >= 0.6 is 0 Å². The first-order chi connectivity index (χ1) is 15.1. The van der Waals surface area contributed by atoms with Crippen molar-refractivity contribution in [1.82, 2.24) is 15.0 Å². The van der Waals surface area contributed by atoms with E-state index in [9.17, 15) is 4.79 Å². The number of nitrogens with one attached hydrogen (secondary N) is 1. The molecule has 5 rings (SSSR count). The van der Waals surface area contributed by atoms with Gasteiger partial charge in [-0.25, -0.2) is 15.0 Å². The molecule has 2 unspecified atom stereocenters. The lowest BCUT2D eigenvalue weighted by Crippen LogP contribution is -2.64. The molecule has 0 spiro atoms. The zero-order chi connectivity index (χ0) is 21.4. The fraction of sp³-hybridized carbons (Fsp3) is 0.333. The van der Waals surface area contributed by atoms with Gasteiger partial charge in [0.25, 0.3) is 5.91 Å². The van der Waals surface area contributed by atoms with Crippen molar-refractivity contribution in [3.05, 3.63) is 66.4 Å². The van der Waals surface area contributed by atoms with Gasteiger partial charge in [0.1, 0.15) is 5.82 Å². The molecule has 1 amide bonds. The van der Waals surface area contributed by atoms with Crippen LogP contribution in [-0.2, 0) is 4.74 Å². The SMILES string of the molecule is CC(C)c1ncc(C(=O)Nc2c(-c3ccccc3)ccnc2N2C3COCC2C3)cn1. The number of carbonyl (C=O) groups is 1. The van der Waals surface area contributed by atoms with Crippen molar-refractivity contribution >= 4 is 17.4 Å². The fourth-order valence-electron chi connectivity index (χ4n) is 4.25. The highest BCUT2D eigenvalue weighted by atomic mass is 16.5. The van der Waals surface area contributed by atoms with E-state index in [1.54, 1.807) is 12.4 Å². The normalized spacial score (nSPS) is 19.8. The van der Waals surface area contributed by atoms with Crippen LogP contribution in [0.2, 0.25) is 0 Å². The maximum Gasteiger partial charge on any atom is 0.258 e. The minimum atomic E-state index is -0.247. The van der Waals surface area contributed by atoms with Gasteiger partial charge in [0.2, 0.25) is 0 Å². The third-order valence-electron chi connectivity index (χ3n) is 5.90. The van der Waals surface area contributed by atoms with Crippen molar-refractivity contribution < 1.29 is 9.53 Å². The maximum atomic E-state index is 13.1. The van der Waals surface area contributed by atoms with Crippen LogP contribution in [0.4, 0.5) is 11.5 Å². The summed E-state index contributed by atoms with van der Waals surface area (Å²) in [6, 6.07) is 12.6. The number of pyridine rings is 1. The van der Waals surface area contributed by atoms with E-state index in [4.69, 9.17) is 4.74 Å². The van der Waals surface area contributed by atoms with Crippen molar-refractivity contribution in [2.45, 2.75) is 38.3 Å². The molecule has 1 N–H and O–H groups in total. The number of anilines is 2. The second-order valence-electron chi connectivity index (χ2n) is 8.35. The van der Waals surface area contributed by atoms with Crippen molar-refractivity contribution in [3.63, 3.8) is 0 Å². The fourth-order valence-corrected chi connectivity index (χ4v) is 4.25. The number of rotatable bonds is 5. The minimum Gasteiger partial charge on any atom is -0.377 e. The third-order valence-corrected chi connectivity index (χ3v) is 5.90. The highest BCUT2D eigenvalue weighted by Crippen LogP contribution is 2.42. The number of ether oxygens (including phenoxy) is 1. The van der Waals surface area contributed by atoms with Crippen molar-refractivity contribution in [2.75, 3.05) is 23.4 Å². The Bertz CT molecular complexity index is 1070. The second kappa shape index (κ2) is 8.07. The van der Waals surface area contributed by atoms with E-state index in [0.717, 1.165) is 29.2 Å². The molecule has 2 fully saturated rings. The number of fused-ring (bicyclic) bond motifs is 2. The lowest BCUT2D eigenvalue weighted by Gasteiger charge is -2.53. The quantitative estimate of drug-likeness (QED) is 0.681. The van der Waals surface area contributed by atoms with E-state index < -0.39 is 0 Å².